The van der Waals surface area contributed by atoms with Crippen molar-refractivity contribution in [2.75, 3.05) is 33.2 Å². The molecule has 0 unspecified atom stereocenters. The molecular weight excluding hydrogens is 516 g/mol. The van der Waals surface area contributed by atoms with E-state index in [-0.39, 0.29) is 44.4 Å². The van der Waals surface area contributed by atoms with Crippen LogP contribution < -0.4 is 16.0 Å². The molecule has 12 nitrogen and oxygen atoms in total. The van der Waals surface area contributed by atoms with E-state index < -0.39 is 47.9 Å². The van der Waals surface area contributed by atoms with Crippen molar-refractivity contribution in [1.29, 1.82) is 0 Å². The number of ether oxygens (including phenoxy) is 1. The van der Waals surface area contributed by atoms with E-state index in [1.165, 1.54) is 16.8 Å². The number of benzene rings is 1. The summed E-state index contributed by atoms with van der Waals surface area (Å²) in [5, 5.41) is 8.31. The highest BCUT2D eigenvalue weighted by molar-refractivity contribution is 5.96. The number of H-pyrrole nitrogens is 1. The van der Waals surface area contributed by atoms with Crippen molar-refractivity contribution >= 4 is 29.5 Å². The minimum atomic E-state index is -1.08. The zero-order valence-electron chi connectivity index (χ0n) is 22.9. The number of aromatic nitrogens is 1. The fraction of sp³-hybridized carbons (Fsp3) is 0.464. The van der Waals surface area contributed by atoms with E-state index >= 15 is 0 Å². The number of hydrogen-bond donors (Lipinski definition) is 4. The van der Waals surface area contributed by atoms with E-state index in [2.05, 4.69) is 20.9 Å². The maximum absolute atomic E-state index is 13.5. The van der Waals surface area contributed by atoms with Crippen LogP contribution in [0.4, 0.5) is 0 Å². The van der Waals surface area contributed by atoms with Gasteiger partial charge in [-0.2, -0.15) is 0 Å². The van der Waals surface area contributed by atoms with Crippen molar-refractivity contribution in [3.63, 3.8) is 0 Å². The van der Waals surface area contributed by atoms with Gasteiger partial charge >= 0.3 is 0 Å². The SMILES string of the molecule is CC(C)[C@@H]1NC(=O)CN(C)C(=O)[C@@H](Cc2ccccc2)NC(=O)[C@H]2CN(C(=O)c3cc[nH]c3)C[C@H](CNC1=O)O2. The summed E-state index contributed by atoms with van der Waals surface area (Å²) in [6.45, 7) is 3.44. The van der Waals surface area contributed by atoms with E-state index in [4.69, 9.17) is 4.74 Å². The first-order valence-corrected chi connectivity index (χ1v) is 13.4. The topological polar surface area (TPSA) is 153 Å². The minimum Gasteiger partial charge on any atom is -0.367 e. The lowest BCUT2D eigenvalue weighted by Crippen LogP contribution is -2.59. The van der Waals surface area contributed by atoms with Crippen LogP contribution in [0.3, 0.4) is 0 Å². The van der Waals surface area contributed by atoms with Gasteiger partial charge in [-0.3, -0.25) is 24.0 Å². The maximum Gasteiger partial charge on any atom is 0.255 e. The summed E-state index contributed by atoms with van der Waals surface area (Å²) < 4.78 is 6.06. The number of nitrogens with one attached hydrogen (secondary N) is 4. The number of likely N-dealkylation sites (N-methyl/N-ethyl adjacent to an activating group) is 1. The molecule has 2 aliphatic heterocycles. The maximum atomic E-state index is 13.5. The number of carbonyl (C=O) groups is 5. The molecule has 2 aromatic rings. The average molecular weight is 553 g/mol. The molecule has 3 heterocycles. The van der Waals surface area contributed by atoms with E-state index in [0.29, 0.717) is 5.56 Å². The zero-order chi connectivity index (χ0) is 28.8. The van der Waals surface area contributed by atoms with Crippen LogP contribution in [0, 0.1) is 5.92 Å². The number of nitrogens with zero attached hydrogens (tertiary/aromatic N) is 2. The van der Waals surface area contributed by atoms with Crippen molar-refractivity contribution in [3.05, 3.63) is 59.9 Å². The van der Waals surface area contributed by atoms with Gasteiger partial charge in [-0.15, -0.1) is 0 Å². The number of carbonyl (C=O) groups excluding carboxylic acids is 5. The second-order valence-electron chi connectivity index (χ2n) is 10.5. The van der Waals surface area contributed by atoms with Crippen LogP contribution in [0.25, 0.3) is 0 Å². The molecule has 214 valence electrons. The van der Waals surface area contributed by atoms with Gasteiger partial charge < -0.3 is 35.5 Å². The lowest BCUT2D eigenvalue weighted by atomic mass is 10.0. The van der Waals surface area contributed by atoms with Gasteiger partial charge in [0.15, 0.2) is 6.10 Å². The van der Waals surface area contributed by atoms with Gasteiger partial charge in [-0.05, 0) is 17.5 Å². The van der Waals surface area contributed by atoms with Gasteiger partial charge in [0.25, 0.3) is 11.8 Å². The lowest BCUT2D eigenvalue weighted by Gasteiger charge is -2.38. The van der Waals surface area contributed by atoms with Crippen LogP contribution in [-0.2, 0) is 30.3 Å². The lowest BCUT2D eigenvalue weighted by molar-refractivity contribution is -0.148. The summed E-state index contributed by atoms with van der Waals surface area (Å²) in [4.78, 5) is 71.7. The van der Waals surface area contributed by atoms with Crippen molar-refractivity contribution < 1.29 is 28.7 Å². The van der Waals surface area contributed by atoms with Crippen molar-refractivity contribution in [3.8, 4) is 0 Å². The number of hydrogen-bond acceptors (Lipinski definition) is 6. The molecule has 2 saturated heterocycles. The Kier molecular flexibility index (Phi) is 9.20. The van der Waals surface area contributed by atoms with Gasteiger partial charge in [0.1, 0.15) is 12.1 Å². The third-order valence-corrected chi connectivity index (χ3v) is 7.02. The van der Waals surface area contributed by atoms with Crippen molar-refractivity contribution in [2.45, 2.75) is 44.6 Å². The number of aromatic amines is 1. The minimum absolute atomic E-state index is 0.0187. The molecule has 4 atom stereocenters. The quantitative estimate of drug-likeness (QED) is 0.408. The van der Waals surface area contributed by atoms with E-state index in [0.717, 1.165) is 5.56 Å². The highest BCUT2D eigenvalue weighted by Gasteiger charge is 2.38. The molecule has 0 spiro atoms. The third kappa shape index (κ3) is 7.06. The van der Waals surface area contributed by atoms with Gasteiger partial charge in [-0.1, -0.05) is 44.2 Å². The van der Waals surface area contributed by atoms with Gasteiger partial charge in [0.05, 0.1) is 24.8 Å². The summed E-state index contributed by atoms with van der Waals surface area (Å²) in [6.07, 6.45) is 1.61. The monoisotopic (exact) mass is 552 g/mol. The Morgan fingerprint density at radius 1 is 1.02 bits per heavy atom. The van der Waals surface area contributed by atoms with Crippen LogP contribution in [0.15, 0.2) is 48.8 Å². The van der Waals surface area contributed by atoms with Crippen LogP contribution >= 0.6 is 0 Å². The van der Waals surface area contributed by atoms with Crippen LogP contribution in [0.2, 0.25) is 0 Å². The molecule has 2 fully saturated rings. The molecule has 0 saturated carbocycles. The standard InChI is InChI=1S/C28H36N6O6/c1-17(2)24-26(37)30-13-20-14-34(27(38)19-9-10-29-12-19)15-22(40-20)25(36)31-21(11-18-7-5-4-6-8-18)28(39)33(3)16-23(35)32-24/h4-10,12,17,20-22,24,29H,11,13-16H2,1-3H3,(H,30,37)(H,31,36)(H,32,35)/t20-,21+,22+,24-/m0/s1. The molecule has 40 heavy (non-hydrogen) atoms. The number of rotatable bonds is 4. The predicted octanol–water partition coefficient (Wildman–Crippen LogP) is -0.319. The molecule has 0 radical (unpaired) electrons. The highest BCUT2D eigenvalue weighted by Crippen LogP contribution is 2.17. The largest absolute Gasteiger partial charge is 0.367 e. The molecule has 12 heteroatoms. The van der Waals surface area contributed by atoms with Gasteiger partial charge in [0, 0.05) is 39.0 Å². The number of morpholine rings is 1. The van der Waals surface area contributed by atoms with Crippen LogP contribution in [-0.4, -0.2) is 102 Å². The molecule has 1 aromatic heterocycles. The average Bonchev–Trinajstić information content (AvgIpc) is 3.48. The smallest absolute Gasteiger partial charge is 0.255 e. The zero-order valence-corrected chi connectivity index (χ0v) is 22.9. The van der Waals surface area contributed by atoms with E-state index in [1.54, 1.807) is 32.3 Å². The van der Waals surface area contributed by atoms with Crippen molar-refractivity contribution in [2.24, 2.45) is 5.92 Å². The Morgan fingerprint density at radius 3 is 2.45 bits per heavy atom. The van der Waals surface area contributed by atoms with E-state index in [1.807, 2.05) is 30.3 Å². The molecule has 2 aliphatic rings. The van der Waals surface area contributed by atoms with Gasteiger partial charge in [-0.25, -0.2) is 0 Å². The summed E-state index contributed by atoms with van der Waals surface area (Å²) in [5.74, 6) is -2.48. The first kappa shape index (κ1) is 28.8. The molecular formula is C28H36N6O6. The summed E-state index contributed by atoms with van der Waals surface area (Å²) in [6, 6.07) is 9.01. The van der Waals surface area contributed by atoms with Gasteiger partial charge in [0.2, 0.25) is 17.7 Å². The summed E-state index contributed by atoms with van der Waals surface area (Å²) in [5.41, 5.74) is 1.24. The molecule has 2 bridgehead atoms. The Balaban J connectivity index is 1.64. The Morgan fingerprint density at radius 2 is 1.77 bits per heavy atom. The fourth-order valence-electron chi connectivity index (χ4n) is 4.85. The Labute approximate surface area is 232 Å². The number of amides is 5. The second-order valence-corrected chi connectivity index (χ2v) is 10.5. The summed E-state index contributed by atoms with van der Waals surface area (Å²) in [7, 11) is 1.47. The first-order valence-electron chi connectivity index (χ1n) is 13.4. The molecule has 1 aromatic carbocycles. The highest BCUT2D eigenvalue weighted by atomic mass is 16.5. The van der Waals surface area contributed by atoms with E-state index in [9.17, 15) is 24.0 Å². The summed E-state index contributed by atoms with van der Waals surface area (Å²) >= 11 is 0. The van der Waals surface area contributed by atoms with Crippen LogP contribution in [0.1, 0.15) is 29.8 Å². The van der Waals surface area contributed by atoms with Crippen LogP contribution in [0.5, 0.6) is 0 Å². The molecule has 4 N–H and O–H groups in total. The fourth-order valence-corrected chi connectivity index (χ4v) is 4.85. The molecule has 4 rings (SSSR count). The Hall–Kier alpha value is -4.19. The predicted molar refractivity (Wildman–Crippen MR) is 145 cm³/mol. The normalized spacial score (nSPS) is 25.0. The second kappa shape index (κ2) is 12.8. The van der Waals surface area contributed by atoms with Crippen molar-refractivity contribution in [1.82, 2.24) is 30.7 Å². The molecule has 5 amide bonds. The third-order valence-electron chi connectivity index (χ3n) is 7.02. The first-order chi connectivity index (χ1) is 19.1. The molecule has 0 aliphatic carbocycles. The number of fused-ring (bicyclic) bond motifs is 2. The Bertz CT molecular complexity index is 1220.